The number of unbranched alkanes of at least 4 members (excludes halogenated alkanes) is 16. The summed E-state index contributed by atoms with van der Waals surface area (Å²) in [6.45, 7) is 9.82. The van der Waals surface area contributed by atoms with Gasteiger partial charge in [0.2, 0.25) is 0 Å². The predicted octanol–water partition coefficient (Wildman–Crippen LogP) is 14.2. The maximum Gasteiger partial charge on any atom is 0.338 e. The van der Waals surface area contributed by atoms with E-state index >= 15 is 0 Å². The third kappa shape index (κ3) is 30.2. The first-order valence-electron chi connectivity index (χ1n) is 21.2. The van der Waals surface area contributed by atoms with Gasteiger partial charge in [0, 0.05) is 6.61 Å². The molecule has 0 amide bonds. The second-order valence-electron chi connectivity index (χ2n) is 14.7. The van der Waals surface area contributed by atoms with Crippen LogP contribution in [-0.4, -0.2) is 35.4 Å². The van der Waals surface area contributed by atoms with E-state index in [0.717, 1.165) is 18.9 Å². The molecule has 0 radical (unpaired) electrons. The van der Waals surface area contributed by atoms with E-state index < -0.39 is 23.6 Å². The molecule has 0 saturated heterocycles. The van der Waals surface area contributed by atoms with Gasteiger partial charge >= 0.3 is 11.9 Å². The number of aliphatic hydroxyl groups excluding tert-OH is 1. The maximum atomic E-state index is 13.3. The van der Waals surface area contributed by atoms with Gasteiger partial charge in [-0.1, -0.05) is 168 Å². The maximum absolute atomic E-state index is 13.3. The fourth-order valence-electron chi connectivity index (χ4n) is 6.30. The second-order valence-corrected chi connectivity index (χ2v) is 14.7. The van der Waals surface area contributed by atoms with Crippen molar-refractivity contribution >= 4 is 11.9 Å². The number of carboxylic acids is 1. The molecule has 0 aliphatic heterocycles. The average molecular weight is 747 g/mol. The van der Waals surface area contributed by atoms with E-state index in [-0.39, 0.29) is 5.56 Å². The Morgan fingerprint density at radius 2 is 0.906 bits per heavy atom. The van der Waals surface area contributed by atoms with Crippen molar-refractivity contribution in [3.8, 4) is 0 Å². The molecule has 0 heterocycles. The number of esters is 1. The van der Waals surface area contributed by atoms with Crippen LogP contribution < -0.4 is 0 Å². The number of aliphatic hydroxyl groups is 1. The summed E-state index contributed by atoms with van der Waals surface area (Å²) in [5, 5.41) is 17.7. The number of carbonyl (C=O) groups excluding carboxylic acids is 1. The van der Waals surface area contributed by atoms with Crippen molar-refractivity contribution in [2.75, 3.05) is 13.2 Å². The molecule has 0 aliphatic carbocycles. The fourth-order valence-corrected chi connectivity index (χ4v) is 6.30. The van der Waals surface area contributed by atoms with E-state index in [4.69, 9.17) is 9.84 Å². The molecule has 2 atom stereocenters. The smallest absolute Gasteiger partial charge is 0.338 e. The molecule has 0 aliphatic rings. The number of rotatable bonds is 29. The van der Waals surface area contributed by atoms with Gasteiger partial charge in [0.1, 0.15) is 11.6 Å². The predicted molar refractivity (Wildman–Crippen MR) is 218 cm³/mol. The summed E-state index contributed by atoms with van der Waals surface area (Å²) in [5.74, 6) is -1.44. The second kappa shape index (κ2) is 36.2. The van der Waals surface area contributed by atoms with Crippen molar-refractivity contribution < 1.29 is 33.3 Å². The molecule has 2 aromatic rings. The highest BCUT2D eigenvalue weighted by atomic mass is 19.1. The summed E-state index contributed by atoms with van der Waals surface area (Å²) in [6.07, 6.45) is 30.9. The highest BCUT2D eigenvalue weighted by molar-refractivity contribution is 5.89. The fraction of sp³-hybridized carbons (Fsp3) is 0.696. The van der Waals surface area contributed by atoms with Crippen LogP contribution in [0.1, 0.15) is 203 Å². The lowest BCUT2D eigenvalue weighted by Gasteiger charge is -2.17. The van der Waals surface area contributed by atoms with Gasteiger partial charge < -0.3 is 14.9 Å². The van der Waals surface area contributed by atoms with E-state index in [9.17, 15) is 23.5 Å². The molecule has 53 heavy (non-hydrogen) atoms. The van der Waals surface area contributed by atoms with E-state index in [1.165, 1.54) is 172 Å². The van der Waals surface area contributed by atoms with Crippen LogP contribution >= 0.6 is 0 Å². The number of ether oxygens (including phenoxy) is 1. The van der Waals surface area contributed by atoms with Gasteiger partial charge in [-0.2, -0.15) is 0 Å². The van der Waals surface area contributed by atoms with Crippen LogP contribution in [0, 0.1) is 23.5 Å². The summed E-state index contributed by atoms with van der Waals surface area (Å²) in [6, 6.07) is 10.6. The van der Waals surface area contributed by atoms with Gasteiger partial charge in [-0.15, -0.1) is 0 Å². The zero-order valence-electron chi connectivity index (χ0n) is 34.0. The van der Waals surface area contributed by atoms with Gasteiger partial charge in [0.15, 0.2) is 0 Å². The van der Waals surface area contributed by atoms with Crippen LogP contribution in [0.25, 0.3) is 0 Å². The molecule has 0 aromatic heterocycles. The number of carbonyl (C=O) groups is 2. The van der Waals surface area contributed by atoms with Gasteiger partial charge in [-0.3, -0.25) is 0 Å². The Balaban J connectivity index is 0.000000853. The van der Waals surface area contributed by atoms with Crippen molar-refractivity contribution in [3.63, 3.8) is 0 Å². The number of carboxylic acid groups (broad SMARTS) is 1. The first-order valence-corrected chi connectivity index (χ1v) is 21.2. The van der Waals surface area contributed by atoms with Crippen molar-refractivity contribution in [1.82, 2.24) is 0 Å². The minimum Gasteiger partial charge on any atom is -0.478 e. The first-order chi connectivity index (χ1) is 25.7. The van der Waals surface area contributed by atoms with E-state index in [0.29, 0.717) is 30.6 Å². The van der Waals surface area contributed by atoms with Crippen LogP contribution in [0.3, 0.4) is 0 Å². The molecule has 0 bridgehead atoms. The molecule has 304 valence electrons. The monoisotopic (exact) mass is 747 g/mol. The molecule has 7 heteroatoms. The highest BCUT2D eigenvalue weighted by Gasteiger charge is 2.14. The standard InChI is InChI=1S/C23H37FO2.C16H34O.C7H5FO2/c1-3-5-7-9-10-12-15-20(14-11-8-6-4-2)19-26-23(25)21-16-13-17-22(24)18-21;1-3-5-7-9-10-12-14-16(15-17)13-11-8-6-4-2;8-6-3-1-2-5(4-6)7(9)10/h13,16-18,20H,3-12,14-15,19H2,1-2H3;16-17H,3-15H2,1-2H3;1-4H,(H,9,10). The molecule has 0 saturated carbocycles. The highest BCUT2D eigenvalue weighted by Crippen LogP contribution is 2.21. The molecule has 2 rings (SSSR count). The van der Waals surface area contributed by atoms with Crippen molar-refractivity contribution in [2.24, 2.45) is 11.8 Å². The van der Waals surface area contributed by atoms with Crippen molar-refractivity contribution in [1.29, 1.82) is 0 Å². The van der Waals surface area contributed by atoms with Crippen LogP contribution in [-0.2, 0) is 4.74 Å². The first kappa shape index (κ1) is 50.2. The Labute approximate surface area is 322 Å². The molecule has 0 fully saturated rings. The summed E-state index contributed by atoms with van der Waals surface area (Å²) < 4.78 is 31.0. The minimum absolute atomic E-state index is 0.0278. The Morgan fingerprint density at radius 3 is 1.28 bits per heavy atom. The Kier molecular flexibility index (Phi) is 34.3. The summed E-state index contributed by atoms with van der Waals surface area (Å²) in [7, 11) is 0. The number of halogens is 2. The molecule has 2 unspecified atom stereocenters. The van der Waals surface area contributed by atoms with Crippen LogP contribution in [0.4, 0.5) is 8.78 Å². The number of aromatic carboxylic acids is 1. The van der Waals surface area contributed by atoms with Crippen LogP contribution in [0.2, 0.25) is 0 Å². The molecular formula is C46H76F2O5. The lowest BCUT2D eigenvalue weighted by Crippen LogP contribution is -2.15. The Bertz CT molecular complexity index is 1140. The Morgan fingerprint density at radius 1 is 0.547 bits per heavy atom. The van der Waals surface area contributed by atoms with Gasteiger partial charge in [-0.05, 0) is 73.9 Å². The number of benzene rings is 2. The molecule has 5 nitrogen and oxygen atoms in total. The lowest BCUT2D eigenvalue weighted by molar-refractivity contribution is 0.0421. The van der Waals surface area contributed by atoms with Crippen molar-refractivity contribution in [2.45, 2.75) is 182 Å². The zero-order chi connectivity index (χ0) is 39.4. The zero-order valence-corrected chi connectivity index (χ0v) is 34.0. The quantitative estimate of drug-likeness (QED) is 0.0640. The van der Waals surface area contributed by atoms with E-state index in [1.54, 1.807) is 12.1 Å². The largest absolute Gasteiger partial charge is 0.478 e. The average Bonchev–Trinajstić information content (AvgIpc) is 3.16. The Hall–Kier alpha value is -2.80. The molecule has 2 N–H and O–H groups in total. The van der Waals surface area contributed by atoms with E-state index in [2.05, 4.69) is 27.7 Å². The molecule has 2 aromatic carbocycles. The number of hydrogen-bond acceptors (Lipinski definition) is 4. The van der Waals surface area contributed by atoms with Gasteiger partial charge in [0.05, 0.1) is 17.7 Å². The van der Waals surface area contributed by atoms with Gasteiger partial charge in [-0.25, -0.2) is 18.4 Å². The third-order valence-corrected chi connectivity index (χ3v) is 9.70. The number of hydrogen-bond donors (Lipinski definition) is 2. The topological polar surface area (TPSA) is 83.8 Å². The van der Waals surface area contributed by atoms with Crippen LogP contribution in [0.15, 0.2) is 48.5 Å². The normalized spacial score (nSPS) is 11.8. The van der Waals surface area contributed by atoms with Gasteiger partial charge in [0.25, 0.3) is 0 Å². The third-order valence-electron chi connectivity index (χ3n) is 9.70. The lowest BCUT2D eigenvalue weighted by atomic mass is 9.95. The summed E-state index contributed by atoms with van der Waals surface area (Å²) in [5.41, 5.74) is 0.272. The molecular weight excluding hydrogens is 670 g/mol. The van der Waals surface area contributed by atoms with Crippen molar-refractivity contribution in [3.05, 3.63) is 71.3 Å². The van der Waals surface area contributed by atoms with Crippen LogP contribution in [0.5, 0.6) is 0 Å². The molecule has 0 spiro atoms. The SMILES string of the molecule is CCCCCCCCC(CCCCCC)COC(=O)c1cccc(F)c1.CCCCCCCCC(CO)CCCCCC.O=C(O)c1cccc(F)c1. The summed E-state index contributed by atoms with van der Waals surface area (Å²) in [4.78, 5) is 22.3. The minimum atomic E-state index is -1.11. The van der Waals surface area contributed by atoms with E-state index in [1.807, 2.05) is 0 Å². The summed E-state index contributed by atoms with van der Waals surface area (Å²) >= 11 is 0.